The molecule has 13 rings (SSSR count). The van der Waals surface area contributed by atoms with Gasteiger partial charge in [-0.1, -0.05) is 169 Å². The van der Waals surface area contributed by atoms with Gasteiger partial charge in [0.25, 0.3) is 0 Å². The molecule has 10 aromatic rings. The Morgan fingerprint density at radius 2 is 1.16 bits per heavy atom. The molecule has 3 nitrogen and oxygen atoms in total. The maximum absolute atomic E-state index is 7.12. The average Bonchev–Trinajstić information content (AvgIpc) is 3.81. The molecule has 0 fully saturated rings. The molecule has 3 aliphatic heterocycles. The van der Waals surface area contributed by atoms with E-state index in [2.05, 4.69) is 215 Å². The van der Waals surface area contributed by atoms with E-state index in [9.17, 15) is 0 Å². The number of fused-ring (bicyclic) bond motifs is 13. The third-order valence-corrected chi connectivity index (χ3v) is 14.3. The monoisotopic (exact) mass is 784 g/mol. The second-order valence-corrected chi connectivity index (χ2v) is 19.7. The lowest BCUT2D eigenvalue weighted by molar-refractivity contribution is 0.590. The lowest BCUT2D eigenvalue weighted by Crippen LogP contribution is -2.62. The van der Waals surface area contributed by atoms with Crippen molar-refractivity contribution in [1.82, 2.24) is 4.57 Å². The minimum atomic E-state index is -0.566. The van der Waals surface area contributed by atoms with Gasteiger partial charge < -0.3 is 13.8 Å². The van der Waals surface area contributed by atoms with Gasteiger partial charge >= 0.3 is 6.85 Å². The summed E-state index contributed by atoms with van der Waals surface area (Å²) in [5.74, 6) is 0. The molecule has 0 aliphatic carbocycles. The van der Waals surface area contributed by atoms with E-state index in [-0.39, 0.29) is 17.7 Å². The van der Waals surface area contributed by atoms with Crippen LogP contribution in [-0.4, -0.2) is 11.4 Å². The van der Waals surface area contributed by atoms with Gasteiger partial charge in [0.05, 0.1) is 22.1 Å². The quantitative estimate of drug-likeness (QED) is 0.163. The van der Waals surface area contributed by atoms with E-state index in [1.807, 2.05) is 0 Å². The third-order valence-electron chi connectivity index (χ3n) is 14.3. The van der Waals surface area contributed by atoms with Gasteiger partial charge in [-0.25, -0.2) is 0 Å². The van der Waals surface area contributed by atoms with Crippen LogP contribution in [0.4, 0.5) is 11.4 Å². The molecule has 0 saturated carbocycles. The molecular weight excluding hydrogens is 739 g/mol. The van der Waals surface area contributed by atoms with E-state index in [0.717, 1.165) is 27.6 Å². The van der Waals surface area contributed by atoms with Crippen molar-refractivity contribution in [3.05, 3.63) is 197 Å². The van der Waals surface area contributed by atoms with Crippen LogP contribution in [0.5, 0.6) is 0 Å². The standard InChI is InChI=1S/C57H45BN2O/c1-55(2,3)36-28-29-47-40(30-36)42-31-37(56(4,5)6)32-46-52(42)59(47)53-50-41(33-43-38-22-13-16-27-49(38)61-54(43)53)39-23-17-25-45-51(39)60(58(46)50)48-26-15-14-24-44(48)57(45,34-18-9-7-10-19-34)35-20-11-8-12-21-35/h7-33H,1-6H3. The van der Waals surface area contributed by atoms with Crippen LogP contribution in [0.25, 0.3) is 60.6 Å². The summed E-state index contributed by atoms with van der Waals surface area (Å²) in [6.45, 7) is 13.9. The molecule has 61 heavy (non-hydrogen) atoms. The smallest absolute Gasteiger partial charge is 0.333 e. The first kappa shape index (κ1) is 35.0. The van der Waals surface area contributed by atoms with Crippen molar-refractivity contribution in [3.63, 3.8) is 0 Å². The molecule has 5 heterocycles. The number of benzene rings is 8. The fourth-order valence-corrected chi connectivity index (χ4v) is 11.5. The molecule has 0 radical (unpaired) electrons. The van der Waals surface area contributed by atoms with Crippen LogP contribution in [0.2, 0.25) is 0 Å². The zero-order chi connectivity index (χ0) is 41.2. The Kier molecular flexibility index (Phi) is 6.74. The molecule has 3 aliphatic rings. The van der Waals surface area contributed by atoms with E-state index >= 15 is 0 Å². The van der Waals surface area contributed by atoms with Crippen molar-refractivity contribution >= 4 is 72.9 Å². The molecule has 2 aromatic heterocycles. The van der Waals surface area contributed by atoms with Crippen LogP contribution in [0.15, 0.2) is 168 Å². The highest BCUT2D eigenvalue weighted by Gasteiger charge is 2.53. The molecule has 0 bridgehead atoms. The first-order valence-electron chi connectivity index (χ1n) is 21.8. The third kappa shape index (κ3) is 4.40. The number of anilines is 2. The molecule has 8 aromatic carbocycles. The minimum absolute atomic E-state index is 0.00461. The van der Waals surface area contributed by atoms with Crippen molar-refractivity contribution in [2.45, 2.75) is 57.8 Å². The zero-order valence-electron chi connectivity index (χ0n) is 35.5. The largest absolute Gasteiger partial charge is 0.454 e. The molecule has 0 atom stereocenters. The lowest BCUT2D eigenvalue weighted by atomic mass is 9.42. The molecule has 0 spiro atoms. The Morgan fingerprint density at radius 1 is 0.508 bits per heavy atom. The molecule has 0 N–H and O–H groups in total. The SMILES string of the molecule is CC(C)(C)c1ccc2c(c1)c1cc(C(C)(C)C)cc3c1n2-c1c2c(cc4c1oc1ccccc14)-c1cccc4c1N(B23)c1ccccc1C4(c1ccccc1)c1ccccc1. The molecular formula is C57H45BN2O. The molecule has 0 unspecified atom stereocenters. The second-order valence-electron chi connectivity index (χ2n) is 19.7. The molecule has 0 amide bonds. The Balaban J connectivity index is 1.27. The number of para-hydroxylation sites is 3. The van der Waals surface area contributed by atoms with Crippen LogP contribution < -0.4 is 15.7 Å². The van der Waals surface area contributed by atoms with Crippen molar-refractivity contribution in [1.29, 1.82) is 0 Å². The number of nitrogens with zero attached hydrogens (tertiary/aromatic N) is 2. The van der Waals surface area contributed by atoms with E-state index in [4.69, 9.17) is 4.42 Å². The molecule has 292 valence electrons. The first-order valence-corrected chi connectivity index (χ1v) is 21.8. The van der Waals surface area contributed by atoms with Crippen molar-refractivity contribution in [2.75, 3.05) is 4.81 Å². The summed E-state index contributed by atoms with van der Waals surface area (Å²) in [5, 5.41) is 4.89. The van der Waals surface area contributed by atoms with Gasteiger partial charge in [-0.2, -0.15) is 0 Å². The Bertz CT molecular complexity index is 3470. The average molecular weight is 785 g/mol. The predicted octanol–water partition coefficient (Wildman–Crippen LogP) is 13.2. The highest BCUT2D eigenvalue weighted by molar-refractivity contribution is 6.94. The number of aromatic nitrogens is 1. The van der Waals surface area contributed by atoms with E-state index in [1.54, 1.807) is 0 Å². The normalized spacial score (nSPS) is 14.8. The lowest BCUT2D eigenvalue weighted by Gasteiger charge is -2.52. The maximum atomic E-state index is 7.12. The van der Waals surface area contributed by atoms with Crippen molar-refractivity contribution in [3.8, 4) is 16.8 Å². The highest BCUT2D eigenvalue weighted by atomic mass is 16.3. The second kappa shape index (κ2) is 11.7. The summed E-state index contributed by atoms with van der Waals surface area (Å²) in [6.07, 6.45) is 0. The summed E-state index contributed by atoms with van der Waals surface area (Å²) in [4.78, 5) is 2.73. The topological polar surface area (TPSA) is 21.3 Å². The van der Waals surface area contributed by atoms with E-state index < -0.39 is 5.41 Å². The summed E-state index contributed by atoms with van der Waals surface area (Å²) in [6, 6.07) is 62.0. The zero-order valence-corrected chi connectivity index (χ0v) is 35.5. The Labute approximate surface area is 357 Å². The van der Waals surface area contributed by atoms with Crippen LogP contribution in [-0.2, 0) is 16.2 Å². The van der Waals surface area contributed by atoms with Gasteiger partial charge in [-0.05, 0) is 97.1 Å². The Morgan fingerprint density at radius 3 is 1.90 bits per heavy atom. The van der Waals surface area contributed by atoms with Crippen LogP contribution in [0.1, 0.15) is 74.9 Å². The van der Waals surface area contributed by atoms with Gasteiger partial charge in [0.15, 0.2) is 5.58 Å². The maximum Gasteiger partial charge on any atom is 0.333 e. The van der Waals surface area contributed by atoms with Crippen LogP contribution in [0.3, 0.4) is 0 Å². The van der Waals surface area contributed by atoms with Crippen molar-refractivity contribution in [2.24, 2.45) is 0 Å². The van der Waals surface area contributed by atoms with Gasteiger partial charge in [0.1, 0.15) is 5.58 Å². The number of furan rings is 1. The van der Waals surface area contributed by atoms with Crippen LogP contribution >= 0.6 is 0 Å². The predicted molar refractivity (Wildman–Crippen MR) is 256 cm³/mol. The van der Waals surface area contributed by atoms with Gasteiger partial charge in [0, 0.05) is 38.5 Å². The Hall–Kier alpha value is -6.78. The number of rotatable bonds is 2. The van der Waals surface area contributed by atoms with Gasteiger partial charge in [-0.15, -0.1) is 0 Å². The number of hydrogen-bond acceptors (Lipinski definition) is 2. The summed E-state index contributed by atoms with van der Waals surface area (Å²) >= 11 is 0. The van der Waals surface area contributed by atoms with E-state index in [1.165, 1.54) is 88.6 Å². The molecule has 0 saturated heterocycles. The minimum Gasteiger partial charge on any atom is -0.454 e. The first-order chi connectivity index (χ1) is 29.5. The van der Waals surface area contributed by atoms with Crippen LogP contribution in [0, 0.1) is 0 Å². The fraction of sp³-hybridized carbons (Fsp3) is 0.158. The van der Waals surface area contributed by atoms with E-state index in [0.29, 0.717) is 0 Å². The molecule has 4 heteroatoms. The summed E-state index contributed by atoms with van der Waals surface area (Å²) in [5.41, 5.74) is 20.3. The summed E-state index contributed by atoms with van der Waals surface area (Å²) < 4.78 is 9.70. The van der Waals surface area contributed by atoms with Gasteiger partial charge in [0.2, 0.25) is 0 Å². The summed E-state index contributed by atoms with van der Waals surface area (Å²) in [7, 11) is 0. The van der Waals surface area contributed by atoms with Gasteiger partial charge in [-0.3, -0.25) is 0 Å². The number of hydrogen-bond donors (Lipinski definition) is 0. The van der Waals surface area contributed by atoms with Crippen molar-refractivity contribution < 1.29 is 4.42 Å². The fourth-order valence-electron chi connectivity index (χ4n) is 11.5. The highest BCUT2D eigenvalue weighted by Crippen LogP contribution is 2.60.